The zero-order valence-electron chi connectivity index (χ0n) is 14.4. The van der Waals surface area contributed by atoms with Gasteiger partial charge in [-0.2, -0.15) is 0 Å². The highest BCUT2D eigenvalue weighted by atomic mass is 35.5. The minimum absolute atomic E-state index is 0.110. The molecule has 1 amide bonds. The summed E-state index contributed by atoms with van der Waals surface area (Å²) in [6.07, 6.45) is 5.43. The molecule has 0 saturated heterocycles. The maximum absolute atomic E-state index is 12.5. The first kappa shape index (κ1) is 16.7. The Morgan fingerprint density at radius 3 is 2.68 bits per heavy atom. The van der Waals surface area contributed by atoms with Gasteiger partial charge in [0.25, 0.3) is 5.91 Å². The number of rotatable bonds is 4. The normalized spacial score (nSPS) is 23.4. The predicted octanol–water partition coefficient (Wildman–Crippen LogP) is 3.44. The maximum Gasteiger partial charge on any atom is 0.253 e. The Kier molecular flexibility index (Phi) is 3.96. The molecule has 2 N–H and O–H groups in total. The first-order chi connectivity index (χ1) is 11.8. The number of hydrogen-bond acceptors (Lipinski definition) is 4. The van der Waals surface area contributed by atoms with E-state index in [4.69, 9.17) is 11.6 Å². The van der Waals surface area contributed by atoms with E-state index in [1.54, 1.807) is 12.3 Å². The molecule has 2 saturated carbocycles. The quantitative estimate of drug-likeness (QED) is 0.876. The third-order valence-corrected chi connectivity index (χ3v) is 5.65. The van der Waals surface area contributed by atoms with Gasteiger partial charge in [0, 0.05) is 23.5 Å². The number of hydrogen-bond donors (Lipinski definition) is 2. The molecule has 0 atom stereocenters. The van der Waals surface area contributed by atoms with Gasteiger partial charge in [-0.3, -0.25) is 4.79 Å². The lowest BCUT2D eigenvalue weighted by atomic mass is 9.71. The molecule has 0 aliphatic heterocycles. The van der Waals surface area contributed by atoms with Crippen LogP contribution in [-0.2, 0) is 0 Å². The molecule has 6 heteroatoms. The van der Waals surface area contributed by atoms with E-state index in [1.807, 2.05) is 19.9 Å². The highest BCUT2D eigenvalue weighted by molar-refractivity contribution is 6.32. The van der Waals surface area contributed by atoms with Crippen LogP contribution in [0.4, 0.5) is 0 Å². The molecule has 4 rings (SSSR count). The summed E-state index contributed by atoms with van der Waals surface area (Å²) in [7, 11) is 0. The van der Waals surface area contributed by atoms with Gasteiger partial charge in [-0.25, -0.2) is 9.97 Å². The van der Waals surface area contributed by atoms with Crippen LogP contribution in [0.5, 0.6) is 0 Å². The van der Waals surface area contributed by atoms with Crippen LogP contribution >= 0.6 is 11.6 Å². The van der Waals surface area contributed by atoms with Crippen LogP contribution in [0.2, 0.25) is 5.02 Å². The number of carbonyl (C=O) groups is 1. The Labute approximate surface area is 151 Å². The molecule has 2 aliphatic carbocycles. The smallest absolute Gasteiger partial charge is 0.253 e. The SMILES string of the molecule is CC(C)(O)C1CC(NC(=O)c2cnc3nc(C4CC4)c(Cl)cc3c2)C1. The third-order valence-electron chi connectivity index (χ3n) is 5.35. The Morgan fingerprint density at radius 1 is 1.32 bits per heavy atom. The first-order valence-electron chi connectivity index (χ1n) is 8.80. The molecule has 0 radical (unpaired) electrons. The van der Waals surface area contributed by atoms with Gasteiger partial charge in [-0.1, -0.05) is 11.6 Å². The van der Waals surface area contributed by atoms with Crippen molar-refractivity contribution in [1.29, 1.82) is 0 Å². The van der Waals surface area contributed by atoms with E-state index in [1.165, 1.54) is 0 Å². The number of aromatic nitrogens is 2. The van der Waals surface area contributed by atoms with Gasteiger partial charge in [-0.15, -0.1) is 0 Å². The van der Waals surface area contributed by atoms with Crippen LogP contribution in [0.15, 0.2) is 18.3 Å². The van der Waals surface area contributed by atoms with E-state index < -0.39 is 5.60 Å². The molecule has 132 valence electrons. The van der Waals surface area contributed by atoms with E-state index in [0.717, 1.165) is 36.8 Å². The number of aliphatic hydroxyl groups is 1. The fourth-order valence-electron chi connectivity index (χ4n) is 3.40. The molecule has 0 bridgehead atoms. The second-order valence-corrected chi connectivity index (χ2v) is 8.30. The molecule has 0 spiro atoms. The number of nitrogens with zero attached hydrogens (tertiary/aromatic N) is 2. The number of nitrogens with one attached hydrogen (secondary N) is 1. The summed E-state index contributed by atoms with van der Waals surface area (Å²) in [6.45, 7) is 3.63. The minimum Gasteiger partial charge on any atom is -0.390 e. The van der Waals surface area contributed by atoms with Crippen LogP contribution in [-0.4, -0.2) is 32.6 Å². The summed E-state index contributed by atoms with van der Waals surface area (Å²) in [6, 6.07) is 3.76. The first-order valence-corrected chi connectivity index (χ1v) is 9.18. The molecule has 2 aromatic heterocycles. The zero-order chi connectivity index (χ0) is 17.8. The maximum atomic E-state index is 12.5. The number of carbonyl (C=O) groups excluding carboxylic acids is 1. The topological polar surface area (TPSA) is 75.1 Å². The summed E-state index contributed by atoms with van der Waals surface area (Å²) in [5, 5.41) is 14.4. The van der Waals surface area contributed by atoms with E-state index in [0.29, 0.717) is 22.2 Å². The molecule has 0 aromatic carbocycles. The number of pyridine rings is 2. The third kappa shape index (κ3) is 3.35. The van der Waals surface area contributed by atoms with Crippen LogP contribution in [0.1, 0.15) is 61.5 Å². The Hall–Kier alpha value is -1.72. The van der Waals surface area contributed by atoms with Crippen molar-refractivity contribution in [1.82, 2.24) is 15.3 Å². The molecule has 25 heavy (non-hydrogen) atoms. The van der Waals surface area contributed by atoms with E-state index in [9.17, 15) is 9.90 Å². The van der Waals surface area contributed by atoms with Crippen molar-refractivity contribution in [2.24, 2.45) is 5.92 Å². The largest absolute Gasteiger partial charge is 0.390 e. The Bertz CT molecular complexity index is 836. The van der Waals surface area contributed by atoms with Gasteiger partial charge >= 0.3 is 0 Å². The standard InChI is InChI=1S/C19H22ClN3O2/c1-19(2,25)13-7-14(8-13)22-18(24)12-5-11-6-15(20)16(10-3-4-10)23-17(11)21-9-12/h5-6,9-10,13-14,25H,3-4,7-8H2,1-2H3,(H,22,24). The summed E-state index contributed by atoms with van der Waals surface area (Å²) < 4.78 is 0. The van der Waals surface area contributed by atoms with Crippen molar-refractivity contribution in [3.05, 3.63) is 34.6 Å². The molecular weight excluding hydrogens is 338 g/mol. The number of halogens is 1. The molecular formula is C19H22ClN3O2. The number of fused-ring (bicyclic) bond motifs is 1. The molecule has 2 aromatic rings. The summed E-state index contributed by atoms with van der Waals surface area (Å²) in [5.41, 5.74) is 1.38. The summed E-state index contributed by atoms with van der Waals surface area (Å²) in [4.78, 5) is 21.4. The highest BCUT2D eigenvalue weighted by Crippen LogP contribution is 2.42. The van der Waals surface area contributed by atoms with Crippen molar-refractivity contribution < 1.29 is 9.90 Å². The lowest BCUT2D eigenvalue weighted by Crippen LogP contribution is -2.50. The van der Waals surface area contributed by atoms with E-state index in [-0.39, 0.29) is 17.9 Å². The van der Waals surface area contributed by atoms with Crippen LogP contribution in [0.25, 0.3) is 11.0 Å². The van der Waals surface area contributed by atoms with Crippen molar-refractivity contribution in [2.75, 3.05) is 0 Å². The fraction of sp³-hybridized carbons (Fsp3) is 0.526. The van der Waals surface area contributed by atoms with Gasteiger partial charge in [0.1, 0.15) is 0 Å². The van der Waals surface area contributed by atoms with Crippen molar-refractivity contribution >= 4 is 28.5 Å². The Morgan fingerprint density at radius 2 is 2.04 bits per heavy atom. The van der Waals surface area contributed by atoms with E-state index in [2.05, 4.69) is 15.3 Å². The van der Waals surface area contributed by atoms with Gasteiger partial charge in [-0.05, 0) is 57.6 Å². The van der Waals surface area contributed by atoms with Crippen LogP contribution in [0.3, 0.4) is 0 Å². The highest BCUT2D eigenvalue weighted by Gasteiger charge is 2.39. The molecule has 5 nitrogen and oxygen atoms in total. The second-order valence-electron chi connectivity index (χ2n) is 7.89. The van der Waals surface area contributed by atoms with Gasteiger partial charge in [0.15, 0.2) is 5.65 Å². The predicted molar refractivity (Wildman–Crippen MR) is 96.8 cm³/mol. The van der Waals surface area contributed by atoms with Crippen LogP contribution < -0.4 is 5.32 Å². The van der Waals surface area contributed by atoms with Crippen molar-refractivity contribution in [2.45, 2.75) is 57.1 Å². The molecule has 2 heterocycles. The minimum atomic E-state index is -0.687. The summed E-state index contributed by atoms with van der Waals surface area (Å²) >= 11 is 6.33. The average molecular weight is 360 g/mol. The fourth-order valence-corrected chi connectivity index (χ4v) is 3.71. The van der Waals surface area contributed by atoms with Crippen LogP contribution in [0, 0.1) is 5.92 Å². The van der Waals surface area contributed by atoms with Gasteiger partial charge in [0.2, 0.25) is 0 Å². The lowest BCUT2D eigenvalue weighted by Gasteiger charge is -2.42. The second kappa shape index (κ2) is 5.92. The molecule has 2 aliphatic rings. The zero-order valence-corrected chi connectivity index (χ0v) is 15.2. The van der Waals surface area contributed by atoms with Gasteiger partial charge < -0.3 is 10.4 Å². The Balaban J connectivity index is 1.48. The molecule has 0 unspecified atom stereocenters. The average Bonchev–Trinajstić information content (AvgIpc) is 3.32. The van der Waals surface area contributed by atoms with E-state index >= 15 is 0 Å². The van der Waals surface area contributed by atoms with Crippen molar-refractivity contribution in [3.63, 3.8) is 0 Å². The molecule has 2 fully saturated rings. The van der Waals surface area contributed by atoms with Crippen molar-refractivity contribution in [3.8, 4) is 0 Å². The monoisotopic (exact) mass is 359 g/mol. The lowest BCUT2D eigenvalue weighted by molar-refractivity contribution is -0.0309. The van der Waals surface area contributed by atoms with Gasteiger partial charge in [0.05, 0.1) is 21.9 Å². The number of amides is 1. The summed E-state index contributed by atoms with van der Waals surface area (Å²) in [5.74, 6) is 0.552.